The Hall–Kier alpha value is -1.39. The Balaban J connectivity index is 2.02. The molecule has 0 aliphatic heterocycles. The predicted molar refractivity (Wildman–Crippen MR) is 90.0 cm³/mol. The molecule has 0 unspecified atom stereocenters. The maximum atomic E-state index is 5.19. The highest BCUT2D eigenvalue weighted by atomic mass is 32.1. The molecule has 3 nitrogen and oxygen atoms in total. The lowest BCUT2D eigenvalue weighted by atomic mass is 10.2. The zero-order chi connectivity index (χ0) is 15.1. The van der Waals surface area contributed by atoms with Crippen molar-refractivity contribution in [3.8, 4) is 16.3 Å². The summed E-state index contributed by atoms with van der Waals surface area (Å²) in [7, 11) is 1.69. The van der Waals surface area contributed by atoms with Crippen molar-refractivity contribution in [1.29, 1.82) is 0 Å². The van der Waals surface area contributed by atoms with Crippen molar-refractivity contribution in [2.75, 3.05) is 20.2 Å². The molecule has 0 spiro atoms. The van der Waals surface area contributed by atoms with Gasteiger partial charge in [-0.3, -0.25) is 4.90 Å². The van der Waals surface area contributed by atoms with Gasteiger partial charge in [0, 0.05) is 17.5 Å². The normalized spacial score (nSPS) is 11.0. The Morgan fingerprint density at radius 2 is 1.95 bits per heavy atom. The van der Waals surface area contributed by atoms with E-state index in [0.29, 0.717) is 0 Å². The molecule has 0 aliphatic rings. The van der Waals surface area contributed by atoms with Crippen LogP contribution in [0.15, 0.2) is 29.6 Å². The summed E-state index contributed by atoms with van der Waals surface area (Å²) in [4.78, 5) is 7.22. The number of rotatable bonds is 8. The zero-order valence-corrected chi connectivity index (χ0v) is 13.9. The number of unbranched alkanes of at least 4 members (excludes halogenated alkanes) is 1. The number of hydrogen-bond acceptors (Lipinski definition) is 4. The highest BCUT2D eigenvalue weighted by molar-refractivity contribution is 7.13. The number of ether oxygens (including phenoxy) is 1. The topological polar surface area (TPSA) is 25.4 Å². The summed E-state index contributed by atoms with van der Waals surface area (Å²) >= 11 is 1.71. The van der Waals surface area contributed by atoms with Crippen LogP contribution in [-0.2, 0) is 6.54 Å². The van der Waals surface area contributed by atoms with Crippen LogP contribution in [0.1, 0.15) is 32.4 Å². The van der Waals surface area contributed by atoms with Gasteiger partial charge in [-0.25, -0.2) is 4.98 Å². The van der Waals surface area contributed by atoms with Crippen molar-refractivity contribution in [1.82, 2.24) is 9.88 Å². The average molecular weight is 304 g/mol. The van der Waals surface area contributed by atoms with E-state index in [1.165, 1.54) is 18.5 Å². The second-order valence-electron chi connectivity index (χ2n) is 5.09. The van der Waals surface area contributed by atoms with Gasteiger partial charge in [-0.2, -0.15) is 0 Å². The van der Waals surface area contributed by atoms with Gasteiger partial charge < -0.3 is 4.74 Å². The molecule has 0 radical (unpaired) electrons. The summed E-state index contributed by atoms with van der Waals surface area (Å²) in [6, 6.07) is 8.10. The Morgan fingerprint density at radius 3 is 2.57 bits per heavy atom. The van der Waals surface area contributed by atoms with E-state index in [9.17, 15) is 0 Å². The molecule has 0 aliphatic carbocycles. The SMILES string of the molecule is CCCCN(CC)Cc1csc(-c2ccc(OC)cc2)n1. The van der Waals surface area contributed by atoms with Gasteiger partial charge in [0.15, 0.2) is 0 Å². The molecule has 0 fully saturated rings. The van der Waals surface area contributed by atoms with Crippen LogP contribution in [-0.4, -0.2) is 30.1 Å². The fourth-order valence-electron chi connectivity index (χ4n) is 2.21. The first-order chi connectivity index (χ1) is 10.3. The van der Waals surface area contributed by atoms with Gasteiger partial charge in [-0.15, -0.1) is 11.3 Å². The Labute approximate surface area is 131 Å². The summed E-state index contributed by atoms with van der Waals surface area (Å²) in [5.41, 5.74) is 2.33. The van der Waals surface area contributed by atoms with E-state index in [-0.39, 0.29) is 0 Å². The van der Waals surface area contributed by atoms with Crippen LogP contribution in [0.4, 0.5) is 0 Å². The molecule has 21 heavy (non-hydrogen) atoms. The van der Waals surface area contributed by atoms with Gasteiger partial charge in [0.05, 0.1) is 12.8 Å². The molecule has 0 bridgehead atoms. The van der Waals surface area contributed by atoms with Gasteiger partial charge in [0.25, 0.3) is 0 Å². The summed E-state index contributed by atoms with van der Waals surface area (Å²) in [5, 5.41) is 3.26. The number of thiazole rings is 1. The van der Waals surface area contributed by atoms with Crippen LogP contribution in [0, 0.1) is 0 Å². The molecule has 0 saturated carbocycles. The van der Waals surface area contributed by atoms with Gasteiger partial charge in [0.2, 0.25) is 0 Å². The predicted octanol–water partition coefficient (Wildman–Crippen LogP) is 4.44. The van der Waals surface area contributed by atoms with Crippen LogP contribution in [0.25, 0.3) is 10.6 Å². The molecule has 1 aromatic carbocycles. The lowest BCUT2D eigenvalue weighted by molar-refractivity contribution is 0.273. The molecule has 1 heterocycles. The smallest absolute Gasteiger partial charge is 0.123 e. The van der Waals surface area contributed by atoms with Crippen LogP contribution >= 0.6 is 11.3 Å². The van der Waals surface area contributed by atoms with E-state index >= 15 is 0 Å². The minimum atomic E-state index is 0.882. The van der Waals surface area contributed by atoms with Crippen LogP contribution < -0.4 is 4.74 Å². The molecule has 0 amide bonds. The maximum Gasteiger partial charge on any atom is 0.123 e. The summed E-state index contributed by atoms with van der Waals surface area (Å²) in [5.74, 6) is 0.882. The third-order valence-corrected chi connectivity index (χ3v) is 4.49. The first-order valence-corrected chi connectivity index (χ1v) is 8.46. The molecule has 4 heteroatoms. The molecule has 0 atom stereocenters. The van der Waals surface area contributed by atoms with Gasteiger partial charge in [-0.1, -0.05) is 20.3 Å². The first-order valence-electron chi connectivity index (χ1n) is 7.58. The highest BCUT2D eigenvalue weighted by Crippen LogP contribution is 2.26. The molecular weight excluding hydrogens is 280 g/mol. The van der Waals surface area contributed by atoms with Gasteiger partial charge in [0.1, 0.15) is 10.8 Å². The molecule has 2 aromatic rings. The Morgan fingerprint density at radius 1 is 1.19 bits per heavy atom. The third-order valence-electron chi connectivity index (χ3n) is 3.55. The summed E-state index contributed by atoms with van der Waals surface area (Å²) < 4.78 is 5.19. The van der Waals surface area contributed by atoms with E-state index in [2.05, 4.69) is 36.3 Å². The van der Waals surface area contributed by atoms with Crippen molar-refractivity contribution in [2.45, 2.75) is 33.2 Å². The Kier molecular flexibility index (Phi) is 6.21. The van der Waals surface area contributed by atoms with E-state index in [1.54, 1.807) is 18.4 Å². The van der Waals surface area contributed by atoms with Crippen LogP contribution in [0.2, 0.25) is 0 Å². The van der Waals surface area contributed by atoms with Crippen LogP contribution in [0.5, 0.6) is 5.75 Å². The second-order valence-corrected chi connectivity index (χ2v) is 5.95. The van der Waals surface area contributed by atoms with Crippen molar-refractivity contribution >= 4 is 11.3 Å². The largest absolute Gasteiger partial charge is 0.497 e. The minimum absolute atomic E-state index is 0.882. The maximum absolute atomic E-state index is 5.19. The number of benzene rings is 1. The molecule has 1 aromatic heterocycles. The Bertz CT molecular complexity index is 536. The van der Waals surface area contributed by atoms with Gasteiger partial charge in [-0.05, 0) is 43.8 Å². The van der Waals surface area contributed by atoms with Crippen molar-refractivity contribution in [3.05, 3.63) is 35.3 Å². The summed E-state index contributed by atoms with van der Waals surface area (Å²) in [6.45, 7) is 7.63. The molecule has 0 N–H and O–H groups in total. The lowest BCUT2D eigenvalue weighted by Crippen LogP contribution is -2.24. The highest BCUT2D eigenvalue weighted by Gasteiger charge is 2.08. The number of nitrogens with zero attached hydrogens (tertiary/aromatic N) is 2. The fraction of sp³-hybridized carbons (Fsp3) is 0.471. The number of methoxy groups -OCH3 is 1. The molecule has 0 saturated heterocycles. The van der Waals surface area contributed by atoms with Gasteiger partial charge >= 0.3 is 0 Å². The molecule has 114 valence electrons. The third kappa shape index (κ3) is 4.55. The zero-order valence-electron chi connectivity index (χ0n) is 13.1. The van der Waals surface area contributed by atoms with E-state index in [0.717, 1.165) is 36.0 Å². The van der Waals surface area contributed by atoms with Crippen molar-refractivity contribution < 1.29 is 4.74 Å². The first kappa shape index (κ1) is 16.0. The average Bonchev–Trinajstić information content (AvgIpc) is 3.00. The summed E-state index contributed by atoms with van der Waals surface area (Å²) in [6.07, 6.45) is 2.49. The number of hydrogen-bond donors (Lipinski definition) is 0. The van der Waals surface area contributed by atoms with Crippen molar-refractivity contribution in [3.63, 3.8) is 0 Å². The van der Waals surface area contributed by atoms with Crippen molar-refractivity contribution in [2.24, 2.45) is 0 Å². The van der Waals surface area contributed by atoms with E-state index in [4.69, 9.17) is 9.72 Å². The lowest BCUT2D eigenvalue weighted by Gasteiger charge is -2.18. The standard InChI is InChI=1S/C17H24N2OS/c1-4-6-11-19(5-2)12-15-13-21-17(18-15)14-7-9-16(20-3)10-8-14/h7-10,13H,4-6,11-12H2,1-3H3. The monoisotopic (exact) mass is 304 g/mol. The second kappa shape index (κ2) is 8.15. The van der Waals surface area contributed by atoms with E-state index < -0.39 is 0 Å². The van der Waals surface area contributed by atoms with E-state index in [1.807, 2.05) is 12.1 Å². The number of aromatic nitrogens is 1. The molecule has 2 rings (SSSR count). The van der Waals surface area contributed by atoms with Crippen LogP contribution in [0.3, 0.4) is 0 Å². The molecular formula is C17H24N2OS. The minimum Gasteiger partial charge on any atom is -0.497 e. The fourth-order valence-corrected chi connectivity index (χ4v) is 3.02. The quantitative estimate of drug-likeness (QED) is 0.721.